The second kappa shape index (κ2) is 6.39. The zero-order chi connectivity index (χ0) is 15.5. The van der Waals surface area contributed by atoms with Crippen LogP contribution in [-0.4, -0.2) is 24.2 Å². The Balaban J connectivity index is 1.54. The molecule has 0 radical (unpaired) electrons. The van der Waals surface area contributed by atoms with Crippen molar-refractivity contribution in [3.63, 3.8) is 0 Å². The molecule has 1 fully saturated rings. The van der Waals surface area contributed by atoms with Crippen LogP contribution in [0.5, 0.6) is 5.75 Å². The Morgan fingerprint density at radius 1 is 0.870 bits per heavy atom. The first-order valence-electron chi connectivity index (χ1n) is 8.20. The van der Waals surface area contributed by atoms with Gasteiger partial charge < -0.3 is 10.1 Å². The van der Waals surface area contributed by atoms with Gasteiger partial charge >= 0.3 is 0 Å². The predicted molar refractivity (Wildman–Crippen MR) is 93.7 cm³/mol. The van der Waals surface area contributed by atoms with Gasteiger partial charge in [0, 0.05) is 17.8 Å². The Labute approximate surface area is 136 Å². The number of hydrogen-bond donors (Lipinski definition) is 1. The molecule has 4 rings (SSSR count). The van der Waals surface area contributed by atoms with Gasteiger partial charge in [-0.1, -0.05) is 24.3 Å². The number of hydrogen-bond acceptors (Lipinski definition) is 3. The van der Waals surface area contributed by atoms with Crippen molar-refractivity contribution in [3.8, 4) is 16.9 Å². The van der Waals surface area contributed by atoms with Crippen molar-refractivity contribution >= 4 is 10.8 Å². The van der Waals surface area contributed by atoms with Crippen LogP contribution >= 0.6 is 0 Å². The number of nitrogens with zero attached hydrogens (tertiary/aromatic N) is 1. The van der Waals surface area contributed by atoms with Crippen molar-refractivity contribution < 1.29 is 4.74 Å². The van der Waals surface area contributed by atoms with Gasteiger partial charge in [-0.05, 0) is 66.7 Å². The van der Waals surface area contributed by atoms with Gasteiger partial charge in [-0.3, -0.25) is 4.98 Å². The Kier molecular flexibility index (Phi) is 3.95. The average Bonchev–Trinajstić information content (AvgIpc) is 2.63. The van der Waals surface area contributed by atoms with Gasteiger partial charge in [0.25, 0.3) is 0 Å². The summed E-state index contributed by atoms with van der Waals surface area (Å²) in [7, 11) is 0. The number of ether oxygens (including phenoxy) is 1. The van der Waals surface area contributed by atoms with Crippen LogP contribution < -0.4 is 10.1 Å². The van der Waals surface area contributed by atoms with Gasteiger partial charge in [0.15, 0.2) is 0 Å². The van der Waals surface area contributed by atoms with Gasteiger partial charge in [-0.2, -0.15) is 0 Å². The smallest absolute Gasteiger partial charge is 0.119 e. The van der Waals surface area contributed by atoms with Crippen LogP contribution in [0, 0.1) is 0 Å². The fourth-order valence-corrected chi connectivity index (χ4v) is 3.09. The first-order valence-corrected chi connectivity index (χ1v) is 8.20. The van der Waals surface area contributed by atoms with Crippen LogP contribution in [0.15, 0.2) is 60.9 Å². The summed E-state index contributed by atoms with van der Waals surface area (Å²) in [6.45, 7) is 2.10. The number of pyridine rings is 1. The molecule has 0 unspecified atom stereocenters. The molecule has 1 N–H and O–H groups in total. The number of rotatable bonds is 3. The topological polar surface area (TPSA) is 34.1 Å². The number of piperidine rings is 1. The van der Waals surface area contributed by atoms with E-state index >= 15 is 0 Å². The minimum atomic E-state index is 0.343. The fourth-order valence-electron chi connectivity index (χ4n) is 3.09. The maximum absolute atomic E-state index is 6.07. The quantitative estimate of drug-likeness (QED) is 0.793. The van der Waals surface area contributed by atoms with Gasteiger partial charge in [-0.25, -0.2) is 0 Å². The minimum Gasteiger partial charge on any atom is -0.490 e. The average molecular weight is 304 g/mol. The standard InChI is InChI=1S/C20H20N2O/c1-2-18-14-22-10-7-17(18)13-16(1)15-3-5-19(6-4-15)23-20-8-11-21-12-9-20/h1-7,10,13-14,20-21H,8-9,11-12H2. The Morgan fingerprint density at radius 2 is 1.65 bits per heavy atom. The summed E-state index contributed by atoms with van der Waals surface area (Å²) in [5, 5.41) is 5.75. The van der Waals surface area contributed by atoms with E-state index in [9.17, 15) is 0 Å². The van der Waals surface area contributed by atoms with E-state index in [1.807, 2.05) is 18.5 Å². The lowest BCUT2D eigenvalue weighted by molar-refractivity contribution is 0.162. The second-order valence-electron chi connectivity index (χ2n) is 6.03. The Hall–Kier alpha value is -2.39. The fraction of sp³-hybridized carbons (Fsp3) is 0.250. The molecule has 1 aliphatic rings. The molecule has 23 heavy (non-hydrogen) atoms. The molecular formula is C20H20N2O. The highest BCUT2D eigenvalue weighted by Crippen LogP contribution is 2.26. The highest BCUT2D eigenvalue weighted by atomic mass is 16.5. The predicted octanol–water partition coefficient (Wildman–Crippen LogP) is 4.03. The Bertz CT molecular complexity index is 792. The lowest BCUT2D eigenvalue weighted by atomic mass is 10.0. The SMILES string of the molecule is c1cc2cc(-c3ccc(OC4CCNCC4)cc3)ccc2cn1. The third kappa shape index (κ3) is 3.20. The zero-order valence-corrected chi connectivity index (χ0v) is 13.0. The van der Waals surface area contributed by atoms with Crippen molar-refractivity contribution in [3.05, 3.63) is 60.9 Å². The summed E-state index contributed by atoms with van der Waals surface area (Å²) in [5.41, 5.74) is 2.43. The third-order valence-corrected chi connectivity index (χ3v) is 4.42. The summed E-state index contributed by atoms with van der Waals surface area (Å²) in [4.78, 5) is 4.16. The summed E-state index contributed by atoms with van der Waals surface area (Å²) < 4.78 is 6.07. The molecule has 1 saturated heterocycles. The maximum Gasteiger partial charge on any atom is 0.119 e. The molecule has 3 aromatic rings. The first kappa shape index (κ1) is 14.2. The van der Waals surface area contributed by atoms with Crippen LogP contribution in [0.1, 0.15) is 12.8 Å². The van der Waals surface area contributed by atoms with Crippen LogP contribution in [-0.2, 0) is 0 Å². The first-order chi connectivity index (χ1) is 11.4. The number of aromatic nitrogens is 1. The molecule has 2 heterocycles. The van der Waals surface area contributed by atoms with Crippen LogP contribution in [0.3, 0.4) is 0 Å². The summed E-state index contributed by atoms with van der Waals surface area (Å²) in [6.07, 6.45) is 6.24. The summed E-state index contributed by atoms with van der Waals surface area (Å²) in [5.74, 6) is 0.964. The molecule has 0 spiro atoms. The third-order valence-electron chi connectivity index (χ3n) is 4.42. The van der Waals surface area contributed by atoms with E-state index in [2.05, 4.69) is 52.8 Å². The van der Waals surface area contributed by atoms with Crippen LogP contribution in [0.4, 0.5) is 0 Å². The van der Waals surface area contributed by atoms with Crippen molar-refractivity contribution in [1.82, 2.24) is 10.3 Å². The second-order valence-corrected chi connectivity index (χ2v) is 6.03. The lowest BCUT2D eigenvalue weighted by Gasteiger charge is -2.23. The number of benzene rings is 2. The van der Waals surface area contributed by atoms with E-state index in [-0.39, 0.29) is 0 Å². The van der Waals surface area contributed by atoms with Crippen LogP contribution in [0.2, 0.25) is 0 Å². The van der Waals surface area contributed by atoms with Crippen LogP contribution in [0.25, 0.3) is 21.9 Å². The monoisotopic (exact) mass is 304 g/mol. The normalized spacial score (nSPS) is 15.7. The molecule has 3 heteroatoms. The van der Waals surface area contributed by atoms with E-state index in [1.54, 1.807) is 0 Å². The number of fused-ring (bicyclic) bond motifs is 1. The van der Waals surface area contributed by atoms with Crippen molar-refractivity contribution in [2.75, 3.05) is 13.1 Å². The van der Waals surface area contributed by atoms with Crippen molar-refractivity contribution in [1.29, 1.82) is 0 Å². The van der Waals surface area contributed by atoms with E-state index in [4.69, 9.17) is 4.74 Å². The molecule has 0 saturated carbocycles. The highest BCUT2D eigenvalue weighted by Gasteiger charge is 2.14. The molecule has 2 aromatic carbocycles. The maximum atomic E-state index is 6.07. The van der Waals surface area contributed by atoms with Crippen molar-refractivity contribution in [2.45, 2.75) is 18.9 Å². The van der Waals surface area contributed by atoms with Gasteiger partial charge in [-0.15, -0.1) is 0 Å². The molecule has 0 atom stereocenters. The van der Waals surface area contributed by atoms with E-state index in [0.29, 0.717) is 6.10 Å². The molecule has 1 aliphatic heterocycles. The lowest BCUT2D eigenvalue weighted by Crippen LogP contribution is -2.34. The minimum absolute atomic E-state index is 0.343. The van der Waals surface area contributed by atoms with E-state index in [0.717, 1.165) is 31.7 Å². The van der Waals surface area contributed by atoms with Crippen molar-refractivity contribution in [2.24, 2.45) is 0 Å². The molecular weight excluding hydrogens is 284 g/mol. The highest BCUT2D eigenvalue weighted by molar-refractivity contribution is 5.86. The molecule has 0 bridgehead atoms. The van der Waals surface area contributed by atoms with Gasteiger partial charge in [0.05, 0.1) is 0 Å². The number of nitrogens with one attached hydrogen (secondary N) is 1. The van der Waals surface area contributed by atoms with E-state index in [1.165, 1.54) is 21.9 Å². The largest absolute Gasteiger partial charge is 0.490 e. The summed E-state index contributed by atoms with van der Waals surface area (Å²) in [6, 6.07) is 17.0. The molecule has 1 aromatic heterocycles. The molecule has 0 aliphatic carbocycles. The molecule has 3 nitrogen and oxygen atoms in total. The zero-order valence-electron chi connectivity index (χ0n) is 13.0. The molecule has 116 valence electrons. The Morgan fingerprint density at radius 3 is 2.48 bits per heavy atom. The molecule has 0 amide bonds. The van der Waals surface area contributed by atoms with Gasteiger partial charge in [0.2, 0.25) is 0 Å². The summed E-state index contributed by atoms with van der Waals surface area (Å²) >= 11 is 0. The van der Waals surface area contributed by atoms with Gasteiger partial charge in [0.1, 0.15) is 11.9 Å². The van der Waals surface area contributed by atoms with E-state index < -0.39 is 0 Å².